The number of benzene rings is 1. The quantitative estimate of drug-likeness (QED) is 0.649. The third-order valence-electron chi connectivity index (χ3n) is 2.05. The van der Waals surface area contributed by atoms with Crippen LogP contribution >= 0.6 is 11.3 Å². The second kappa shape index (κ2) is 5.42. The molecule has 0 amide bonds. The van der Waals surface area contributed by atoms with Crippen molar-refractivity contribution in [3.63, 3.8) is 0 Å². The first-order valence-electron chi connectivity index (χ1n) is 5.11. The van der Waals surface area contributed by atoms with Crippen LogP contribution in [0.3, 0.4) is 0 Å². The second-order valence-electron chi connectivity index (χ2n) is 3.22. The molecular weight excluding hydrogens is 218 g/mol. The van der Waals surface area contributed by atoms with Gasteiger partial charge in [0.05, 0.1) is 6.54 Å². The van der Waals surface area contributed by atoms with E-state index in [4.69, 9.17) is 0 Å². The summed E-state index contributed by atoms with van der Waals surface area (Å²) in [5.74, 6) is 0. The normalized spacial score (nSPS) is 10.8. The number of hydrogen-bond donors (Lipinski definition) is 1. The van der Waals surface area contributed by atoms with Crippen LogP contribution in [-0.2, 0) is 6.54 Å². The predicted molar refractivity (Wildman–Crippen MR) is 68.6 cm³/mol. The molecule has 0 aliphatic heterocycles. The van der Waals surface area contributed by atoms with Gasteiger partial charge in [-0.25, -0.2) is 4.98 Å². The molecule has 1 N–H and O–H groups in total. The lowest BCUT2D eigenvalue weighted by Gasteiger charge is -1.95. The molecule has 3 nitrogen and oxygen atoms in total. The summed E-state index contributed by atoms with van der Waals surface area (Å²) in [6.07, 6.45) is 3.63. The molecule has 0 atom stereocenters. The first-order valence-corrected chi connectivity index (χ1v) is 5.92. The fourth-order valence-corrected chi connectivity index (χ4v) is 2.17. The minimum Gasteiger partial charge on any atom is -0.305 e. The van der Waals surface area contributed by atoms with E-state index in [0.717, 1.165) is 17.1 Å². The fraction of sp³-hybridized carbons (Fsp3) is 0.167. The van der Waals surface area contributed by atoms with Crippen molar-refractivity contribution < 1.29 is 0 Å². The third-order valence-corrected chi connectivity index (χ3v) is 3.09. The molecule has 2 rings (SSSR count). The molecule has 4 heteroatoms. The third kappa shape index (κ3) is 2.67. The van der Waals surface area contributed by atoms with Crippen molar-refractivity contribution in [3.8, 4) is 10.6 Å². The minimum absolute atomic E-state index is 0.731. The Morgan fingerprint density at radius 2 is 2.19 bits per heavy atom. The number of aromatic nitrogens is 1. The summed E-state index contributed by atoms with van der Waals surface area (Å²) in [6.45, 7) is 2.61. The predicted octanol–water partition coefficient (Wildman–Crippen LogP) is 2.91. The molecule has 2 aromatic rings. The van der Waals surface area contributed by atoms with Crippen LogP contribution in [0.25, 0.3) is 10.6 Å². The summed E-state index contributed by atoms with van der Waals surface area (Å²) in [4.78, 5) is 5.58. The lowest BCUT2D eigenvalue weighted by molar-refractivity contribution is 0.756. The van der Waals surface area contributed by atoms with Gasteiger partial charge in [0.1, 0.15) is 5.01 Å². The monoisotopic (exact) mass is 231 g/mol. The SMILES string of the molecule is C/C=N\NCc1cnc(-c2ccccc2)s1. The molecule has 0 aliphatic rings. The zero-order valence-electron chi connectivity index (χ0n) is 9.05. The first-order chi connectivity index (χ1) is 7.90. The van der Waals surface area contributed by atoms with Gasteiger partial charge in [-0.2, -0.15) is 5.10 Å². The van der Waals surface area contributed by atoms with Crippen LogP contribution in [0.2, 0.25) is 0 Å². The molecule has 0 fully saturated rings. The number of hydrazone groups is 1. The molecule has 1 aromatic carbocycles. The molecule has 16 heavy (non-hydrogen) atoms. The molecule has 1 heterocycles. The fourth-order valence-electron chi connectivity index (χ4n) is 1.32. The number of rotatable bonds is 4. The Bertz CT molecular complexity index is 462. The van der Waals surface area contributed by atoms with Crippen molar-refractivity contribution in [2.24, 2.45) is 5.10 Å². The van der Waals surface area contributed by atoms with Crippen molar-refractivity contribution in [2.75, 3.05) is 0 Å². The van der Waals surface area contributed by atoms with Crippen molar-refractivity contribution in [1.82, 2.24) is 10.4 Å². The van der Waals surface area contributed by atoms with Crippen molar-refractivity contribution in [1.29, 1.82) is 0 Å². The van der Waals surface area contributed by atoms with Crippen LogP contribution in [-0.4, -0.2) is 11.2 Å². The number of thiazole rings is 1. The average molecular weight is 231 g/mol. The second-order valence-corrected chi connectivity index (χ2v) is 4.34. The minimum atomic E-state index is 0.731. The number of hydrogen-bond acceptors (Lipinski definition) is 4. The first kappa shape index (κ1) is 10.8. The van der Waals surface area contributed by atoms with Gasteiger partial charge < -0.3 is 5.43 Å². The molecule has 0 aliphatic carbocycles. The molecule has 0 saturated carbocycles. The van der Waals surface area contributed by atoms with E-state index < -0.39 is 0 Å². The van der Waals surface area contributed by atoms with Gasteiger partial charge in [0, 0.05) is 22.9 Å². The lowest BCUT2D eigenvalue weighted by atomic mass is 10.2. The maximum atomic E-state index is 4.39. The molecule has 0 saturated heterocycles. The number of nitrogens with zero attached hydrogens (tertiary/aromatic N) is 2. The standard InChI is InChI=1S/C12H13N3S/c1-2-14-15-9-11-8-13-12(16-11)10-6-4-3-5-7-10/h2-8,15H,9H2,1H3/b14-2-. The highest BCUT2D eigenvalue weighted by Crippen LogP contribution is 2.24. The Morgan fingerprint density at radius 1 is 1.38 bits per heavy atom. The lowest BCUT2D eigenvalue weighted by Crippen LogP contribution is -2.02. The van der Waals surface area contributed by atoms with Crippen LogP contribution in [0.15, 0.2) is 41.6 Å². The van der Waals surface area contributed by atoms with Crippen molar-refractivity contribution in [3.05, 3.63) is 41.4 Å². The molecule has 1 aromatic heterocycles. The van der Waals surface area contributed by atoms with Gasteiger partial charge in [0.15, 0.2) is 0 Å². The molecule has 0 bridgehead atoms. The Kier molecular flexibility index (Phi) is 3.66. The van der Waals surface area contributed by atoms with Crippen LogP contribution < -0.4 is 5.43 Å². The molecule has 0 radical (unpaired) electrons. The zero-order valence-corrected chi connectivity index (χ0v) is 9.87. The van der Waals surface area contributed by atoms with Crippen molar-refractivity contribution in [2.45, 2.75) is 13.5 Å². The van der Waals surface area contributed by atoms with Crippen LogP contribution in [0.5, 0.6) is 0 Å². The summed E-state index contributed by atoms with van der Waals surface area (Å²) in [5.41, 5.74) is 4.12. The summed E-state index contributed by atoms with van der Waals surface area (Å²) in [5, 5.41) is 5.01. The van der Waals surface area contributed by atoms with Crippen LogP contribution in [0.1, 0.15) is 11.8 Å². The van der Waals surface area contributed by atoms with E-state index in [1.807, 2.05) is 31.3 Å². The molecular formula is C12H13N3S. The Hall–Kier alpha value is -1.68. The van der Waals surface area contributed by atoms with Crippen LogP contribution in [0, 0.1) is 0 Å². The smallest absolute Gasteiger partial charge is 0.123 e. The van der Waals surface area contributed by atoms with E-state index in [2.05, 4.69) is 27.6 Å². The molecule has 0 unspecified atom stereocenters. The van der Waals surface area contributed by atoms with Gasteiger partial charge in [0.25, 0.3) is 0 Å². The maximum Gasteiger partial charge on any atom is 0.123 e. The highest BCUT2D eigenvalue weighted by Gasteiger charge is 2.03. The van der Waals surface area contributed by atoms with E-state index >= 15 is 0 Å². The van der Waals surface area contributed by atoms with E-state index in [0.29, 0.717) is 0 Å². The average Bonchev–Trinajstić information content (AvgIpc) is 2.79. The van der Waals surface area contributed by atoms with E-state index in [1.165, 1.54) is 4.88 Å². The summed E-state index contributed by atoms with van der Waals surface area (Å²) >= 11 is 1.69. The highest BCUT2D eigenvalue weighted by molar-refractivity contribution is 7.15. The van der Waals surface area contributed by atoms with E-state index in [-0.39, 0.29) is 0 Å². The maximum absolute atomic E-state index is 4.39. The number of nitrogens with one attached hydrogen (secondary N) is 1. The Balaban J connectivity index is 2.08. The summed E-state index contributed by atoms with van der Waals surface area (Å²) < 4.78 is 0. The van der Waals surface area contributed by atoms with E-state index in [9.17, 15) is 0 Å². The van der Waals surface area contributed by atoms with Gasteiger partial charge in [-0.05, 0) is 6.92 Å². The van der Waals surface area contributed by atoms with Gasteiger partial charge in [-0.1, -0.05) is 30.3 Å². The van der Waals surface area contributed by atoms with E-state index in [1.54, 1.807) is 17.6 Å². The van der Waals surface area contributed by atoms with Crippen LogP contribution in [0.4, 0.5) is 0 Å². The van der Waals surface area contributed by atoms with Gasteiger partial charge >= 0.3 is 0 Å². The largest absolute Gasteiger partial charge is 0.305 e. The summed E-state index contributed by atoms with van der Waals surface area (Å²) in [7, 11) is 0. The topological polar surface area (TPSA) is 37.3 Å². The van der Waals surface area contributed by atoms with Gasteiger partial charge in [-0.3, -0.25) is 0 Å². The van der Waals surface area contributed by atoms with Crippen molar-refractivity contribution >= 4 is 17.6 Å². The molecule has 82 valence electrons. The Morgan fingerprint density at radius 3 is 2.94 bits per heavy atom. The summed E-state index contributed by atoms with van der Waals surface area (Å²) in [6, 6.07) is 10.2. The highest BCUT2D eigenvalue weighted by atomic mass is 32.1. The van der Waals surface area contributed by atoms with Gasteiger partial charge in [0.2, 0.25) is 0 Å². The molecule has 0 spiro atoms. The Labute approximate surface area is 98.9 Å². The van der Waals surface area contributed by atoms with Gasteiger partial charge in [-0.15, -0.1) is 11.3 Å². The zero-order chi connectivity index (χ0) is 11.2.